The summed E-state index contributed by atoms with van der Waals surface area (Å²) in [7, 11) is -3.66. The number of likely N-dealkylation sites (tertiary alicyclic amines) is 1. The number of carbonyl (C=O) groups is 4. The highest BCUT2D eigenvalue weighted by Gasteiger charge is 2.41. The van der Waals surface area contributed by atoms with Crippen LogP contribution in [0.3, 0.4) is 0 Å². The third-order valence-electron chi connectivity index (χ3n) is 7.26. The van der Waals surface area contributed by atoms with Crippen molar-refractivity contribution < 1.29 is 37.1 Å². The number of nitrogens with zero attached hydrogens (tertiary/aromatic N) is 3. The lowest BCUT2D eigenvalue weighted by molar-refractivity contribution is 0.0485. The van der Waals surface area contributed by atoms with Gasteiger partial charge in [0, 0.05) is 43.5 Å². The van der Waals surface area contributed by atoms with E-state index < -0.39 is 33.8 Å². The third kappa shape index (κ3) is 5.31. The molecule has 3 aliphatic rings. The number of ether oxygens (including phenoxy) is 2. The van der Waals surface area contributed by atoms with Gasteiger partial charge in [-0.3, -0.25) is 19.3 Å². The van der Waals surface area contributed by atoms with Gasteiger partial charge in [0.05, 0.1) is 35.8 Å². The number of morpholine rings is 1. The minimum absolute atomic E-state index is 0.113. The van der Waals surface area contributed by atoms with Crippen molar-refractivity contribution in [3.8, 4) is 0 Å². The molecule has 0 bridgehead atoms. The summed E-state index contributed by atoms with van der Waals surface area (Å²) < 4.78 is 37.2. The first-order chi connectivity index (χ1) is 19.2. The molecule has 2 aromatic rings. The Morgan fingerprint density at radius 1 is 0.950 bits per heavy atom. The number of sulfonamides is 1. The summed E-state index contributed by atoms with van der Waals surface area (Å²) in [6.45, 7) is 4.00. The fraction of sp³-hybridized carbons (Fsp3) is 0.407. The maximum absolute atomic E-state index is 13.2. The van der Waals surface area contributed by atoms with Crippen LogP contribution in [0.5, 0.6) is 0 Å². The van der Waals surface area contributed by atoms with Gasteiger partial charge in [-0.25, -0.2) is 13.2 Å². The Balaban J connectivity index is 1.24. The van der Waals surface area contributed by atoms with Crippen molar-refractivity contribution >= 4 is 39.5 Å². The standard InChI is InChI=1S/C27H30N4O8S/c1-2-39-27(35)29-11-9-20(10-12-29)31-25(33)22-8-3-18(17-23(22)26(31)34)24(32)28-19-4-6-21(7-5-19)40(36,37)30-13-15-38-16-14-30/h3-8,17,20H,2,9-16H2,1H3,(H,28,32). The maximum atomic E-state index is 13.2. The van der Waals surface area contributed by atoms with Gasteiger partial charge < -0.3 is 19.7 Å². The van der Waals surface area contributed by atoms with Crippen LogP contribution in [0.25, 0.3) is 0 Å². The molecule has 0 unspecified atom stereocenters. The van der Waals surface area contributed by atoms with Crippen molar-refractivity contribution in [3.05, 3.63) is 59.2 Å². The molecule has 0 saturated carbocycles. The van der Waals surface area contributed by atoms with Gasteiger partial charge in [-0.1, -0.05) is 0 Å². The first kappa shape index (κ1) is 27.7. The maximum Gasteiger partial charge on any atom is 0.409 e. The predicted molar refractivity (Wildman–Crippen MR) is 143 cm³/mol. The summed E-state index contributed by atoms with van der Waals surface area (Å²) in [5, 5.41) is 2.71. The number of carbonyl (C=O) groups excluding carboxylic acids is 4. The number of piperidine rings is 1. The van der Waals surface area contributed by atoms with E-state index in [1.807, 2.05) is 0 Å². The number of hydrogen-bond acceptors (Lipinski definition) is 8. The summed E-state index contributed by atoms with van der Waals surface area (Å²) in [6, 6.07) is 9.83. The summed E-state index contributed by atoms with van der Waals surface area (Å²) in [6.07, 6.45) is 0.469. The second kappa shape index (κ2) is 11.4. The highest BCUT2D eigenvalue weighted by atomic mass is 32.2. The molecule has 0 aromatic heterocycles. The number of rotatable bonds is 6. The largest absolute Gasteiger partial charge is 0.450 e. The molecule has 5 rings (SSSR count). The van der Waals surface area contributed by atoms with Crippen LogP contribution in [0.2, 0.25) is 0 Å². The van der Waals surface area contributed by atoms with Crippen molar-refractivity contribution in [2.45, 2.75) is 30.7 Å². The number of imide groups is 1. The first-order valence-corrected chi connectivity index (χ1v) is 14.6. The molecule has 0 aliphatic carbocycles. The smallest absolute Gasteiger partial charge is 0.409 e. The first-order valence-electron chi connectivity index (χ1n) is 13.1. The van der Waals surface area contributed by atoms with E-state index in [0.717, 1.165) is 0 Å². The molecule has 40 heavy (non-hydrogen) atoms. The molecule has 12 nitrogen and oxygen atoms in total. The van der Waals surface area contributed by atoms with Gasteiger partial charge in [-0.05, 0) is 62.2 Å². The van der Waals surface area contributed by atoms with Crippen LogP contribution in [0.15, 0.2) is 47.4 Å². The molecule has 3 aliphatic heterocycles. The molecule has 0 spiro atoms. The van der Waals surface area contributed by atoms with Gasteiger partial charge in [-0.2, -0.15) is 4.31 Å². The van der Waals surface area contributed by atoms with E-state index in [4.69, 9.17) is 9.47 Å². The van der Waals surface area contributed by atoms with E-state index in [1.165, 1.54) is 51.7 Å². The second-order valence-electron chi connectivity index (χ2n) is 9.65. The Morgan fingerprint density at radius 2 is 1.60 bits per heavy atom. The Hall–Kier alpha value is -3.81. The quantitative estimate of drug-likeness (QED) is 0.521. The van der Waals surface area contributed by atoms with E-state index in [2.05, 4.69) is 5.32 Å². The second-order valence-corrected chi connectivity index (χ2v) is 11.6. The van der Waals surface area contributed by atoms with Gasteiger partial charge in [0.15, 0.2) is 0 Å². The fourth-order valence-corrected chi connectivity index (χ4v) is 6.51. The molecule has 0 atom stereocenters. The highest BCUT2D eigenvalue weighted by Crippen LogP contribution is 2.30. The van der Waals surface area contributed by atoms with Crippen molar-refractivity contribution in [1.82, 2.24) is 14.1 Å². The molecule has 2 fully saturated rings. The fourth-order valence-electron chi connectivity index (χ4n) is 5.10. The zero-order valence-electron chi connectivity index (χ0n) is 22.0. The van der Waals surface area contributed by atoms with Crippen LogP contribution < -0.4 is 5.32 Å². The van der Waals surface area contributed by atoms with E-state index in [0.29, 0.717) is 44.8 Å². The van der Waals surface area contributed by atoms with Gasteiger partial charge in [0.25, 0.3) is 17.7 Å². The number of nitrogens with one attached hydrogen (secondary N) is 1. The molecular weight excluding hydrogens is 540 g/mol. The Morgan fingerprint density at radius 3 is 2.25 bits per heavy atom. The van der Waals surface area contributed by atoms with Crippen LogP contribution in [0.1, 0.15) is 50.8 Å². The van der Waals surface area contributed by atoms with Gasteiger partial charge in [0.2, 0.25) is 10.0 Å². The lowest BCUT2D eigenvalue weighted by Gasteiger charge is -2.35. The van der Waals surface area contributed by atoms with Crippen molar-refractivity contribution in [3.63, 3.8) is 0 Å². The summed E-state index contributed by atoms with van der Waals surface area (Å²) in [5.41, 5.74) is 0.942. The van der Waals surface area contributed by atoms with Crippen LogP contribution in [0, 0.1) is 0 Å². The topological polar surface area (TPSA) is 143 Å². The summed E-state index contributed by atoms with van der Waals surface area (Å²) >= 11 is 0. The lowest BCUT2D eigenvalue weighted by Crippen LogP contribution is -2.48. The number of hydrogen-bond donors (Lipinski definition) is 1. The molecule has 2 aromatic carbocycles. The molecule has 1 N–H and O–H groups in total. The SMILES string of the molecule is CCOC(=O)N1CCC(N2C(=O)c3ccc(C(=O)Nc4ccc(S(=O)(=O)N5CCOCC5)cc4)cc3C2=O)CC1. The Kier molecular flexibility index (Phi) is 7.88. The highest BCUT2D eigenvalue weighted by molar-refractivity contribution is 7.89. The van der Waals surface area contributed by atoms with Crippen LogP contribution >= 0.6 is 0 Å². The number of fused-ring (bicyclic) bond motifs is 1. The summed E-state index contributed by atoms with van der Waals surface area (Å²) in [5.74, 6) is -1.39. The molecule has 0 radical (unpaired) electrons. The van der Waals surface area contributed by atoms with E-state index in [-0.39, 0.29) is 47.3 Å². The van der Waals surface area contributed by atoms with Gasteiger partial charge >= 0.3 is 6.09 Å². The lowest BCUT2D eigenvalue weighted by atomic mass is 10.0. The van der Waals surface area contributed by atoms with Crippen LogP contribution in [-0.4, -0.2) is 98.4 Å². The minimum atomic E-state index is -3.66. The molecule has 3 heterocycles. The average Bonchev–Trinajstić information content (AvgIpc) is 3.22. The number of amides is 4. The zero-order chi connectivity index (χ0) is 28.4. The van der Waals surface area contributed by atoms with Crippen LogP contribution in [0.4, 0.5) is 10.5 Å². The van der Waals surface area contributed by atoms with Gasteiger partial charge in [-0.15, -0.1) is 0 Å². The average molecular weight is 571 g/mol. The number of anilines is 1. The van der Waals surface area contributed by atoms with E-state index in [9.17, 15) is 27.6 Å². The molecule has 212 valence electrons. The van der Waals surface area contributed by atoms with Gasteiger partial charge in [0.1, 0.15) is 0 Å². The molecular formula is C27H30N4O8S. The normalized spacial score (nSPS) is 18.5. The van der Waals surface area contributed by atoms with E-state index in [1.54, 1.807) is 11.8 Å². The number of benzene rings is 2. The third-order valence-corrected chi connectivity index (χ3v) is 9.17. The Labute approximate surface area is 231 Å². The van der Waals surface area contributed by atoms with Crippen molar-refractivity contribution in [1.29, 1.82) is 0 Å². The molecule has 13 heteroatoms. The molecule has 2 saturated heterocycles. The zero-order valence-corrected chi connectivity index (χ0v) is 22.8. The molecule has 4 amide bonds. The van der Waals surface area contributed by atoms with Crippen molar-refractivity contribution in [2.75, 3.05) is 51.3 Å². The predicted octanol–water partition coefficient (Wildman–Crippen LogP) is 2.18. The van der Waals surface area contributed by atoms with E-state index >= 15 is 0 Å². The summed E-state index contributed by atoms with van der Waals surface area (Å²) in [4.78, 5) is 54.1. The van der Waals surface area contributed by atoms with Crippen molar-refractivity contribution in [2.24, 2.45) is 0 Å². The van der Waals surface area contributed by atoms with Crippen LogP contribution in [-0.2, 0) is 19.5 Å². The monoisotopic (exact) mass is 570 g/mol. The Bertz CT molecular complexity index is 1430. The minimum Gasteiger partial charge on any atom is -0.450 e.